The Morgan fingerprint density at radius 1 is 1.06 bits per heavy atom. The first-order valence-corrected chi connectivity index (χ1v) is 5.04. The average Bonchev–Trinajstić information content (AvgIpc) is 2.27. The number of benzene rings is 1. The molecule has 0 aliphatic carbocycles. The van der Waals surface area contributed by atoms with Crippen LogP contribution in [0.25, 0.3) is 0 Å². The summed E-state index contributed by atoms with van der Waals surface area (Å²) in [7, 11) is 0. The van der Waals surface area contributed by atoms with E-state index in [1.165, 1.54) is 4.90 Å². The SMILES string of the molecule is NC(=O)CN(CC(N)=O)c1ccc(CO)cc1. The zero-order chi connectivity index (χ0) is 12.8. The Morgan fingerprint density at radius 3 is 1.88 bits per heavy atom. The number of nitrogens with zero attached hydrogens (tertiary/aromatic N) is 1. The van der Waals surface area contributed by atoms with Crippen LogP contribution in [0.1, 0.15) is 5.56 Å². The molecule has 6 heteroatoms. The summed E-state index contributed by atoms with van der Waals surface area (Å²) in [5.74, 6) is -1.09. The Bertz CT molecular complexity index is 387. The van der Waals surface area contributed by atoms with Crippen molar-refractivity contribution in [2.45, 2.75) is 6.61 Å². The fourth-order valence-electron chi connectivity index (χ4n) is 1.43. The molecule has 0 atom stereocenters. The third-order valence-electron chi connectivity index (χ3n) is 2.18. The van der Waals surface area contributed by atoms with Crippen LogP contribution in [0.2, 0.25) is 0 Å². The predicted octanol–water partition coefficient (Wildman–Crippen LogP) is -1.04. The van der Waals surface area contributed by atoms with Crippen molar-refractivity contribution in [3.63, 3.8) is 0 Å². The van der Waals surface area contributed by atoms with Crippen LogP contribution in [0, 0.1) is 0 Å². The number of aliphatic hydroxyl groups is 1. The lowest BCUT2D eigenvalue weighted by Crippen LogP contribution is -2.39. The summed E-state index contributed by atoms with van der Waals surface area (Å²) in [6.07, 6.45) is 0. The van der Waals surface area contributed by atoms with Gasteiger partial charge in [0.25, 0.3) is 0 Å². The molecule has 0 aliphatic rings. The molecule has 0 bridgehead atoms. The van der Waals surface area contributed by atoms with Gasteiger partial charge >= 0.3 is 0 Å². The molecule has 6 nitrogen and oxygen atoms in total. The van der Waals surface area contributed by atoms with Crippen molar-refractivity contribution in [1.29, 1.82) is 0 Å². The third kappa shape index (κ3) is 4.12. The molecule has 0 aliphatic heterocycles. The molecule has 0 fully saturated rings. The highest BCUT2D eigenvalue weighted by molar-refractivity contribution is 5.84. The molecule has 17 heavy (non-hydrogen) atoms. The zero-order valence-electron chi connectivity index (χ0n) is 9.30. The second-order valence-corrected chi connectivity index (χ2v) is 3.61. The minimum Gasteiger partial charge on any atom is -0.392 e. The van der Waals surface area contributed by atoms with Crippen LogP contribution in [-0.4, -0.2) is 30.0 Å². The third-order valence-corrected chi connectivity index (χ3v) is 2.18. The summed E-state index contributed by atoms with van der Waals surface area (Å²) in [5, 5.41) is 8.90. The summed E-state index contributed by atoms with van der Waals surface area (Å²) in [5.41, 5.74) is 11.6. The fraction of sp³-hybridized carbons (Fsp3) is 0.273. The summed E-state index contributed by atoms with van der Waals surface area (Å²) >= 11 is 0. The van der Waals surface area contributed by atoms with Gasteiger partial charge in [-0.3, -0.25) is 9.59 Å². The molecule has 2 amide bonds. The molecule has 0 aromatic heterocycles. The zero-order valence-corrected chi connectivity index (χ0v) is 9.30. The van der Waals surface area contributed by atoms with E-state index in [-0.39, 0.29) is 19.7 Å². The van der Waals surface area contributed by atoms with Crippen molar-refractivity contribution in [3.8, 4) is 0 Å². The number of hydrogen-bond donors (Lipinski definition) is 3. The lowest BCUT2D eigenvalue weighted by molar-refractivity contribution is -0.117. The lowest BCUT2D eigenvalue weighted by Gasteiger charge is -2.21. The molecule has 92 valence electrons. The lowest BCUT2D eigenvalue weighted by atomic mass is 10.2. The summed E-state index contributed by atoms with van der Waals surface area (Å²) in [6, 6.07) is 6.78. The standard InChI is InChI=1S/C11H15N3O3/c12-10(16)5-14(6-11(13)17)9-3-1-8(7-15)2-4-9/h1-4,15H,5-7H2,(H2,12,16)(H2,13,17). The number of aliphatic hydroxyl groups excluding tert-OH is 1. The van der Waals surface area contributed by atoms with Gasteiger partial charge in [-0.05, 0) is 17.7 Å². The molecule has 0 spiro atoms. The van der Waals surface area contributed by atoms with Crippen LogP contribution in [0.5, 0.6) is 0 Å². The van der Waals surface area contributed by atoms with E-state index in [1.54, 1.807) is 24.3 Å². The normalized spacial score (nSPS) is 9.94. The molecular formula is C11H15N3O3. The van der Waals surface area contributed by atoms with Crippen molar-refractivity contribution in [3.05, 3.63) is 29.8 Å². The van der Waals surface area contributed by atoms with Crippen molar-refractivity contribution >= 4 is 17.5 Å². The van der Waals surface area contributed by atoms with Gasteiger partial charge in [0.2, 0.25) is 11.8 Å². The molecule has 1 rings (SSSR count). The van der Waals surface area contributed by atoms with Gasteiger partial charge < -0.3 is 21.5 Å². The molecule has 0 unspecified atom stereocenters. The van der Waals surface area contributed by atoms with Crippen molar-refractivity contribution in [1.82, 2.24) is 0 Å². The van der Waals surface area contributed by atoms with Crippen LogP contribution >= 0.6 is 0 Å². The van der Waals surface area contributed by atoms with Gasteiger partial charge in [0, 0.05) is 5.69 Å². The molecule has 5 N–H and O–H groups in total. The Balaban J connectivity index is 2.86. The Hall–Kier alpha value is -2.08. The van der Waals surface area contributed by atoms with E-state index in [1.807, 2.05) is 0 Å². The molecule has 0 saturated heterocycles. The predicted molar refractivity (Wildman–Crippen MR) is 63.0 cm³/mol. The average molecular weight is 237 g/mol. The number of carbonyl (C=O) groups excluding carboxylic acids is 2. The number of anilines is 1. The summed E-state index contributed by atoms with van der Waals surface area (Å²) in [6.45, 7) is -0.227. The first-order valence-electron chi connectivity index (χ1n) is 5.04. The van der Waals surface area contributed by atoms with Gasteiger partial charge in [0.05, 0.1) is 19.7 Å². The molecule has 0 radical (unpaired) electrons. The molecule has 0 heterocycles. The van der Waals surface area contributed by atoms with Gasteiger partial charge in [-0.15, -0.1) is 0 Å². The van der Waals surface area contributed by atoms with E-state index in [0.717, 1.165) is 5.56 Å². The van der Waals surface area contributed by atoms with E-state index in [0.29, 0.717) is 5.69 Å². The maximum absolute atomic E-state index is 10.9. The summed E-state index contributed by atoms with van der Waals surface area (Å²) < 4.78 is 0. The van der Waals surface area contributed by atoms with Crippen molar-refractivity contribution in [2.75, 3.05) is 18.0 Å². The second kappa shape index (κ2) is 5.86. The highest BCUT2D eigenvalue weighted by atomic mass is 16.3. The smallest absolute Gasteiger partial charge is 0.236 e. The topological polar surface area (TPSA) is 110 Å². The number of primary amides is 2. The molecule has 1 aromatic carbocycles. The van der Waals surface area contributed by atoms with Gasteiger partial charge in [-0.2, -0.15) is 0 Å². The first kappa shape index (κ1) is 13.0. The van der Waals surface area contributed by atoms with E-state index in [9.17, 15) is 9.59 Å². The van der Waals surface area contributed by atoms with Crippen LogP contribution in [-0.2, 0) is 16.2 Å². The Morgan fingerprint density at radius 2 is 1.53 bits per heavy atom. The fourth-order valence-corrected chi connectivity index (χ4v) is 1.43. The minimum absolute atomic E-state index is 0.0636. The summed E-state index contributed by atoms with van der Waals surface area (Å²) in [4.78, 5) is 23.2. The largest absolute Gasteiger partial charge is 0.392 e. The van der Waals surface area contributed by atoms with Gasteiger partial charge in [0.15, 0.2) is 0 Å². The van der Waals surface area contributed by atoms with Crippen LogP contribution in [0.15, 0.2) is 24.3 Å². The van der Waals surface area contributed by atoms with Crippen molar-refractivity contribution in [2.24, 2.45) is 11.5 Å². The van der Waals surface area contributed by atoms with Gasteiger partial charge in [0.1, 0.15) is 0 Å². The molecule has 1 aromatic rings. The van der Waals surface area contributed by atoms with E-state index >= 15 is 0 Å². The number of amides is 2. The van der Waals surface area contributed by atoms with Crippen molar-refractivity contribution < 1.29 is 14.7 Å². The highest BCUT2D eigenvalue weighted by Gasteiger charge is 2.11. The highest BCUT2D eigenvalue weighted by Crippen LogP contribution is 2.14. The number of rotatable bonds is 6. The number of hydrogen-bond acceptors (Lipinski definition) is 4. The number of nitrogens with two attached hydrogens (primary N) is 2. The maximum Gasteiger partial charge on any atom is 0.236 e. The first-order chi connectivity index (χ1) is 8.02. The Kier molecular flexibility index (Phi) is 4.47. The van der Waals surface area contributed by atoms with Gasteiger partial charge in [-0.25, -0.2) is 0 Å². The molecular weight excluding hydrogens is 222 g/mol. The van der Waals surface area contributed by atoms with E-state index in [4.69, 9.17) is 16.6 Å². The monoisotopic (exact) mass is 237 g/mol. The van der Waals surface area contributed by atoms with Crippen LogP contribution < -0.4 is 16.4 Å². The van der Waals surface area contributed by atoms with Crippen LogP contribution in [0.3, 0.4) is 0 Å². The van der Waals surface area contributed by atoms with Gasteiger partial charge in [-0.1, -0.05) is 12.1 Å². The maximum atomic E-state index is 10.9. The quantitative estimate of drug-likeness (QED) is 0.586. The van der Waals surface area contributed by atoms with Crippen LogP contribution in [0.4, 0.5) is 5.69 Å². The number of carbonyl (C=O) groups is 2. The second-order valence-electron chi connectivity index (χ2n) is 3.61. The molecule has 0 saturated carbocycles. The van der Waals surface area contributed by atoms with E-state index < -0.39 is 11.8 Å². The Labute approximate surface area is 98.8 Å². The van der Waals surface area contributed by atoms with E-state index in [2.05, 4.69) is 0 Å². The minimum atomic E-state index is -0.544.